The predicted octanol–water partition coefficient (Wildman–Crippen LogP) is 6.07. The summed E-state index contributed by atoms with van der Waals surface area (Å²) in [6, 6.07) is 21.8. The van der Waals surface area contributed by atoms with E-state index in [1.807, 2.05) is 24.3 Å². The number of esters is 1. The Kier molecular flexibility index (Phi) is 7.19. The van der Waals surface area contributed by atoms with Crippen molar-refractivity contribution < 1.29 is 19.0 Å². The number of ether oxygens (including phenoxy) is 3. The van der Waals surface area contributed by atoms with E-state index in [-0.39, 0.29) is 11.8 Å². The Balaban J connectivity index is 1.55. The highest BCUT2D eigenvalue weighted by Crippen LogP contribution is 2.43. The number of halogens is 1. The number of fused-ring (bicyclic) bond motifs is 1. The van der Waals surface area contributed by atoms with Crippen LogP contribution >= 0.6 is 15.9 Å². The van der Waals surface area contributed by atoms with Gasteiger partial charge in [-0.05, 0) is 54.4 Å². The fourth-order valence-electron chi connectivity index (χ4n) is 3.68. The molecule has 4 rings (SSSR count). The van der Waals surface area contributed by atoms with Gasteiger partial charge < -0.3 is 19.9 Å². The lowest BCUT2D eigenvalue weighted by Crippen LogP contribution is -2.21. The van der Waals surface area contributed by atoms with E-state index in [2.05, 4.69) is 28.9 Å². The zero-order valence-electron chi connectivity index (χ0n) is 18.6. The Hall–Kier alpha value is -3.76. The lowest BCUT2D eigenvalue weighted by atomic mass is 9.83. The van der Waals surface area contributed by atoms with Crippen LogP contribution in [0.2, 0.25) is 0 Å². The molecule has 0 aliphatic carbocycles. The summed E-state index contributed by atoms with van der Waals surface area (Å²) >= 11 is 3.43. The summed E-state index contributed by atoms with van der Waals surface area (Å²) in [5, 5.41) is 9.70. The number of allylic oxidation sites excluding steroid dienone is 1. The van der Waals surface area contributed by atoms with Gasteiger partial charge in [-0.3, -0.25) is 0 Å². The Bertz CT molecular complexity index is 1260. The first kappa shape index (κ1) is 23.4. The molecule has 3 aromatic carbocycles. The molecule has 1 aliphatic rings. The monoisotopic (exact) mass is 518 g/mol. The van der Waals surface area contributed by atoms with Crippen molar-refractivity contribution in [3.05, 3.63) is 99.3 Å². The van der Waals surface area contributed by atoms with Crippen molar-refractivity contribution in [3.63, 3.8) is 0 Å². The van der Waals surface area contributed by atoms with Crippen LogP contribution in [0.4, 0.5) is 0 Å². The minimum Gasteiger partial charge on any atom is -0.494 e. The Morgan fingerprint density at radius 2 is 1.79 bits per heavy atom. The Morgan fingerprint density at radius 1 is 1.09 bits per heavy atom. The molecule has 0 aromatic heterocycles. The van der Waals surface area contributed by atoms with Crippen LogP contribution in [-0.2, 0) is 0 Å². The van der Waals surface area contributed by atoms with Crippen molar-refractivity contribution in [2.45, 2.75) is 25.7 Å². The van der Waals surface area contributed by atoms with E-state index in [1.54, 1.807) is 42.5 Å². The van der Waals surface area contributed by atoms with Gasteiger partial charge in [-0.15, -0.1) is 0 Å². The largest absolute Gasteiger partial charge is 0.494 e. The molecule has 1 aliphatic heterocycles. The van der Waals surface area contributed by atoms with Gasteiger partial charge in [-0.25, -0.2) is 4.79 Å². The molecule has 2 N–H and O–H groups in total. The van der Waals surface area contributed by atoms with Crippen molar-refractivity contribution in [3.8, 4) is 23.3 Å². The third kappa shape index (κ3) is 5.08. The van der Waals surface area contributed by atoms with Crippen LogP contribution < -0.4 is 19.9 Å². The highest BCUT2D eigenvalue weighted by molar-refractivity contribution is 9.10. The number of hydrogen-bond donors (Lipinski definition) is 1. The van der Waals surface area contributed by atoms with E-state index in [1.165, 1.54) is 0 Å². The Labute approximate surface area is 206 Å². The maximum Gasteiger partial charge on any atom is 0.343 e. The van der Waals surface area contributed by atoms with E-state index in [9.17, 15) is 10.1 Å². The summed E-state index contributed by atoms with van der Waals surface area (Å²) < 4.78 is 17.8. The highest BCUT2D eigenvalue weighted by atomic mass is 79.9. The van der Waals surface area contributed by atoms with Gasteiger partial charge >= 0.3 is 5.97 Å². The molecule has 0 spiro atoms. The van der Waals surface area contributed by atoms with Crippen molar-refractivity contribution >= 4 is 21.9 Å². The molecule has 3 aromatic rings. The molecule has 0 fully saturated rings. The second-order valence-corrected chi connectivity index (χ2v) is 8.71. The maximum atomic E-state index is 12.6. The van der Waals surface area contributed by atoms with Crippen LogP contribution in [0.1, 0.15) is 47.2 Å². The smallest absolute Gasteiger partial charge is 0.343 e. The van der Waals surface area contributed by atoms with E-state index in [4.69, 9.17) is 19.9 Å². The minimum atomic E-state index is -0.499. The molecule has 34 heavy (non-hydrogen) atoms. The summed E-state index contributed by atoms with van der Waals surface area (Å²) in [5.41, 5.74) is 8.47. The number of unbranched alkanes of at least 4 members (excludes halogenated alkanes) is 1. The first-order chi connectivity index (χ1) is 16.5. The fourth-order valence-corrected chi connectivity index (χ4v) is 3.95. The van der Waals surface area contributed by atoms with Gasteiger partial charge in [0.1, 0.15) is 28.9 Å². The van der Waals surface area contributed by atoms with Gasteiger partial charge in [0.05, 0.1) is 18.1 Å². The lowest BCUT2D eigenvalue weighted by molar-refractivity contribution is 0.0734. The third-order valence-electron chi connectivity index (χ3n) is 5.46. The molecule has 1 unspecified atom stereocenters. The van der Waals surface area contributed by atoms with Crippen LogP contribution in [0.5, 0.6) is 17.2 Å². The summed E-state index contributed by atoms with van der Waals surface area (Å²) in [5.74, 6) is 0.615. The number of carbonyl (C=O) groups is 1. The summed E-state index contributed by atoms with van der Waals surface area (Å²) in [7, 11) is 0. The highest BCUT2D eigenvalue weighted by Gasteiger charge is 2.31. The van der Waals surface area contributed by atoms with Gasteiger partial charge in [0.15, 0.2) is 0 Å². The number of nitrogens with zero attached hydrogens (tertiary/aromatic N) is 1. The van der Waals surface area contributed by atoms with Crippen LogP contribution in [0.3, 0.4) is 0 Å². The summed E-state index contributed by atoms with van der Waals surface area (Å²) in [6.45, 7) is 2.74. The molecule has 0 saturated heterocycles. The predicted molar refractivity (Wildman–Crippen MR) is 132 cm³/mol. The molecular formula is C27H23BrN2O4. The first-order valence-corrected chi connectivity index (χ1v) is 11.7. The first-order valence-electron chi connectivity index (χ1n) is 10.9. The van der Waals surface area contributed by atoms with Crippen LogP contribution in [0, 0.1) is 11.3 Å². The topological polar surface area (TPSA) is 94.6 Å². The molecule has 172 valence electrons. The van der Waals surface area contributed by atoms with Gasteiger partial charge in [-0.2, -0.15) is 5.26 Å². The van der Waals surface area contributed by atoms with E-state index in [0.717, 1.165) is 28.4 Å². The zero-order valence-corrected chi connectivity index (χ0v) is 20.2. The lowest BCUT2D eigenvalue weighted by Gasteiger charge is -2.26. The van der Waals surface area contributed by atoms with Gasteiger partial charge in [0.25, 0.3) is 0 Å². The molecule has 0 amide bonds. The van der Waals surface area contributed by atoms with E-state index < -0.39 is 5.97 Å². The van der Waals surface area contributed by atoms with Crippen molar-refractivity contribution in [2.24, 2.45) is 5.73 Å². The number of rotatable bonds is 7. The molecule has 1 atom stereocenters. The standard InChI is InChI=1S/C27H23BrN2O4/c1-2-3-14-32-20-10-6-18(7-11-20)27(31)33-21-12-13-22-24(15-21)34-26(30)23(16-29)25(22)17-4-8-19(28)9-5-17/h4-13,15,25H,2-3,14,30H2,1H3. The molecule has 0 saturated carbocycles. The van der Waals surface area contributed by atoms with Crippen molar-refractivity contribution in [2.75, 3.05) is 6.61 Å². The molecule has 0 bridgehead atoms. The average Bonchev–Trinajstić information content (AvgIpc) is 2.84. The SMILES string of the molecule is CCCCOc1ccc(C(=O)Oc2ccc3c(c2)OC(N)=C(C#N)C3c2ccc(Br)cc2)cc1. The second kappa shape index (κ2) is 10.4. The molecule has 1 heterocycles. The molecule has 6 nitrogen and oxygen atoms in total. The second-order valence-electron chi connectivity index (χ2n) is 7.79. The van der Waals surface area contributed by atoms with E-state index in [0.29, 0.717) is 35.0 Å². The Morgan fingerprint density at radius 3 is 2.47 bits per heavy atom. The van der Waals surface area contributed by atoms with Gasteiger partial charge in [0.2, 0.25) is 5.88 Å². The van der Waals surface area contributed by atoms with E-state index >= 15 is 0 Å². The zero-order chi connectivity index (χ0) is 24.1. The third-order valence-corrected chi connectivity index (χ3v) is 5.99. The molecular weight excluding hydrogens is 496 g/mol. The minimum absolute atomic E-state index is 0.0325. The summed E-state index contributed by atoms with van der Waals surface area (Å²) in [6.07, 6.45) is 2.03. The van der Waals surface area contributed by atoms with Gasteiger partial charge in [0, 0.05) is 16.1 Å². The average molecular weight is 519 g/mol. The molecule has 0 radical (unpaired) electrons. The fraction of sp³-hybridized carbons (Fsp3) is 0.185. The number of benzene rings is 3. The van der Waals surface area contributed by atoms with Crippen LogP contribution in [0.25, 0.3) is 0 Å². The van der Waals surface area contributed by atoms with Gasteiger partial charge in [-0.1, -0.05) is 47.5 Å². The normalized spacial score (nSPS) is 14.6. The maximum absolute atomic E-state index is 12.6. The quantitative estimate of drug-likeness (QED) is 0.232. The van der Waals surface area contributed by atoms with Crippen LogP contribution in [0.15, 0.2) is 82.7 Å². The number of hydrogen-bond acceptors (Lipinski definition) is 6. The number of nitriles is 1. The summed E-state index contributed by atoms with van der Waals surface area (Å²) in [4.78, 5) is 12.6. The number of nitrogens with two attached hydrogens (primary N) is 1. The van der Waals surface area contributed by atoms with Crippen LogP contribution in [-0.4, -0.2) is 12.6 Å². The number of carbonyl (C=O) groups excluding carboxylic acids is 1. The van der Waals surface area contributed by atoms with Crippen molar-refractivity contribution in [1.82, 2.24) is 0 Å². The molecule has 7 heteroatoms. The van der Waals surface area contributed by atoms with Crippen molar-refractivity contribution in [1.29, 1.82) is 5.26 Å².